The first-order valence-corrected chi connectivity index (χ1v) is 8.14. The highest BCUT2D eigenvalue weighted by Crippen LogP contribution is 2.25. The maximum Gasteiger partial charge on any atom is 0.273 e. The molecule has 0 radical (unpaired) electrons. The van der Waals surface area contributed by atoms with Crippen LogP contribution in [0.25, 0.3) is 22.4 Å². The highest BCUT2D eigenvalue weighted by Gasteiger charge is 2.18. The Bertz CT molecular complexity index is 1050. The van der Waals surface area contributed by atoms with Crippen molar-refractivity contribution in [3.05, 3.63) is 66.2 Å². The zero-order valence-corrected chi connectivity index (χ0v) is 14.0. The molecule has 26 heavy (non-hydrogen) atoms. The number of fused-ring (bicyclic) bond motifs is 1. The van der Waals surface area contributed by atoms with Crippen LogP contribution in [-0.4, -0.2) is 27.3 Å². The van der Waals surface area contributed by atoms with E-state index in [-0.39, 0.29) is 12.2 Å². The maximum atomic E-state index is 12.3. The predicted octanol–water partition coefficient (Wildman–Crippen LogP) is 2.89. The van der Waals surface area contributed by atoms with Crippen molar-refractivity contribution in [2.75, 3.05) is 6.54 Å². The van der Waals surface area contributed by atoms with Crippen LogP contribution in [0.5, 0.6) is 0 Å². The average molecular weight is 351 g/mol. The van der Waals surface area contributed by atoms with Crippen molar-refractivity contribution in [1.29, 1.82) is 0 Å². The van der Waals surface area contributed by atoms with Gasteiger partial charge in [-0.05, 0) is 18.2 Å². The Morgan fingerprint density at radius 2 is 2.12 bits per heavy atom. The fraction of sp³-hybridized carbons (Fsp3) is 0.158. The van der Waals surface area contributed by atoms with E-state index in [0.29, 0.717) is 11.5 Å². The minimum atomic E-state index is -0.832. The normalized spacial score (nSPS) is 12.4. The first kappa shape index (κ1) is 16.2. The minimum absolute atomic E-state index is 0.0653. The summed E-state index contributed by atoms with van der Waals surface area (Å²) in [5.74, 6) is 0.438. The van der Waals surface area contributed by atoms with Crippen molar-refractivity contribution in [3.8, 4) is 11.5 Å². The van der Waals surface area contributed by atoms with Gasteiger partial charge in [0.2, 0.25) is 5.76 Å². The highest BCUT2D eigenvalue weighted by atomic mass is 16.5. The van der Waals surface area contributed by atoms with E-state index in [2.05, 4.69) is 10.5 Å². The van der Waals surface area contributed by atoms with Crippen LogP contribution in [0.2, 0.25) is 0 Å². The van der Waals surface area contributed by atoms with E-state index in [1.165, 1.54) is 12.3 Å². The van der Waals surface area contributed by atoms with E-state index < -0.39 is 12.0 Å². The molecular weight excluding hydrogens is 334 g/mol. The SMILES string of the molecule is Cn1cc(C(O)CNC(=O)c2cc(-c3ccco3)on2)c2ccccc21. The molecule has 0 saturated heterocycles. The van der Waals surface area contributed by atoms with Gasteiger partial charge in [0.1, 0.15) is 0 Å². The lowest BCUT2D eigenvalue weighted by Gasteiger charge is -2.10. The number of benzene rings is 1. The summed E-state index contributed by atoms with van der Waals surface area (Å²) in [4.78, 5) is 12.3. The Morgan fingerprint density at radius 3 is 2.92 bits per heavy atom. The standard InChI is InChI=1S/C19H17N3O4/c1-22-11-13(12-5-2-3-6-15(12)22)16(23)10-20-19(24)14-9-18(26-21-14)17-7-4-8-25-17/h2-9,11,16,23H,10H2,1H3,(H,20,24). The Morgan fingerprint density at radius 1 is 1.27 bits per heavy atom. The van der Waals surface area contributed by atoms with Crippen molar-refractivity contribution in [1.82, 2.24) is 15.0 Å². The number of nitrogens with one attached hydrogen (secondary N) is 1. The lowest BCUT2D eigenvalue weighted by Crippen LogP contribution is -2.28. The summed E-state index contributed by atoms with van der Waals surface area (Å²) < 4.78 is 12.3. The van der Waals surface area contributed by atoms with Crippen LogP contribution in [0.4, 0.5) is 0 Å². The number of hydrogen-bond donors (Lipinski definition) is 2. The van der Waals surface area contributed by atoms with Crippen LogP contribution in [0.15, 0.2) is 63.9 Å². The number of aliphatic hydroxyl groups is 1. The third-order valence-electron chi connectivity index (χ3n) is 4.25. The number of nitrogens with zero attached hydrogens (tertiary/aromatic N) is 2. The molecule has 0 saturated carbocycles. The highest BCUT2D eigenvalue weighted by molar-refractivity contribution is 5.93. The van der Waals surface area contributed by atoms with Crippen molar-refractivity contribution in [3.63, 3.8) is 0 Å². The Labute approximate surface area is 148 Å². The number of para-hydroxylation sites is 1. The zero-order valence-electron chi connectivity index (χ0n) is 14.0. The van der Waals surface area contributed by atoms with E-state index in [1.54, 1.807) is 12.1 Å². The van der Waals surface area contributed by atoms with E-state index in [4.69, 9.17) is 8.94 Å². The van der Waals surface area contributed by atoms with Crippen molar-refractivity contribution < 1.29 is 18.8 Å². The van der Waals surface area contributed by atoms with Crippen LogP contribution in [-0.2, 0) is 7.05 Å². The molecular formula is C19H17N3O4. The van der Waals surface area contributed by atoms with E-state index in [1.807, 2.05) is 42.1 Å². The first-order valence-electron chi connectivity index (χ1n) is 8.14. The van der Waals surface area contributed by atoms with Gasteiger partial charge in [-0.1, -0.05) is 23.4 Å². The molecule has 1 atom stereocenters. The van der Waals surface area contributed by atoms with Gasteiger partial charge in [-0.25, -0.2) is 0 Å². The van der Waals surface area contributed by atoms with Gasteiger partial charge in [0.15, 0.2) is 11.5 Å². The van der Waals surface area contributed by atoms with Crippen molar-refractivity contribution in [2.24, 2.45) is 7.05 Å². The Balaban J connectivity index is 1.45. The molecule has 3 heterocycles. The van der Waals surface area contributed by atoms with Gasteiger partial charge < -0.3 is 23.9 Å². The molecule has 3 aromatic heterocycles. The molecule has 0 bridgehead atoms. The van der Waals surface area contributed by atoms with Gasteiger partial charge in [-0.15, -0.1) is 0 Å². The van der Waals surface area contributed by atoms with Gasteiger partial charge in [-0.3, -0.25) is 4.79 Å². The molecule has 0 aliphatic carbocycles. The quantitative estimate of drug-likeness (QED) is 0.577. The largest absolute Gasteiger partial charge is 0.461 e. The number of aromatic nitrogens is 2. The molecule has 1 aromatic carbocycles. The summed E-state index contributed by atoms with van der Waals surface area (Å²) in [6.07, 6.45) is 2.55. The van der Waals surface area contributed by atoms with Crippen molar-refractivity contribution >= 4 is 16.8 Å². The van der Waals surface area contributed by atoms with E-state index in [9.17, 15) is 9.90 Å². The molecule has 132 valence electrons. The summed E-state index contributed by atoms with van der Waals surface area (Å²) in [7, 11) is 1.92. The lowest BCUT2D eigenvalue weighted by atomic mass is 10.1. The number of aryl methyl sites for hydroxylation is 1. The number of hydrogen-bond acceptors (Lipinski definition) is 5. The maximum absolute atomic E-state index is 12.3. The Hall–Kier alpha value is -3.32. The summed E-state index contributed by atoms with van der Waals surface area (Å²) in [5, 5.41) is 17.9. The summed E-state index contributed by atoms with van der Waals surface area (Å²) in [5.41, 5.74) is 1.91. The third kappa shape index (κ3) is 2.89. The van der Waals surface area contributed by atoms with Gasteiger partial charge in [0.25, 0.3) is 5.91 Å². The molecule has 1 amide bonds. The lowest BCUT2D eigenvalue weighted by molar-refractivity contribution is 0.0908. The summed E-state index contributed by atoms with van der Waals surface area (Å²) in [6, 6.07) is 12.7. The molecule has 1 unspecified atom stereocenters. The van der Waals surface area contributed by atoms with Gasteiger partial charge in [0.05, 0.1) is 12.4 Å². The first-order chi connectivity index (χ1) is 12.6. The van der Waals surface area contributed by atoms with Gasteiger partial charge in [0, 0.05) is 42.3 Å². The molecule has 7 nitrogen and oxygen atoms in total. The second-order valence-electron chi connectivity index (χ2n) is 5.99. The zero-order chi connectivity index (χ0) is 18.1. The number of aliphatic hydroxyl groups excluding tert-OH is 1. The molecule has 4 aromatic rings. The summed E-state index contributed by atoms with van der Waals surface area (Å²) in [6.45, 7) is 0.0653. The van der Waals surface area contributed by atoms with Crippen LogP contribution < -0.4 is 5.32 Å². The van der Waals surface area contributed by atoms with Crippen LogP contribution in [0.1, 0.15) is 22.2 Å². The second-order valence-corrected chi connectivity index (χ2v) is 5.99. The second kappa shape index (κ2) is 6.53. The fourth-order valence-corrected chi connectivity index (χ4v) is 2.95. The summed E-state index contributed by atoms with van der Waals surface area (Å²) >= 11 is 0. The molecule has 0 aliphatic rings. The van der Waals surface area contributed by atoms with E-state index in [0.717, 1.165) is 16.5 Å². The van der Waals surface area contributed by atoms with Crippen LogP contribution >= 0.6 is 0 Å². The number of carbonyl (C=O) groups is 1. The third-order valence-corrected chi connectivity index (χ3v) is 4.25. The number of furan rings is 1. The number of amides is 1. The number of carbonyl (C=O) groups excluding carboxylic acids is 1. The monoisotopic (exact) mass is 351 g/mol. The average Bonchev–Trinajstić information content (AvgIpc) is 3.39. The van der Waals surface area contributed by atoms with E-state index >= 15 is 0 Å². The fourth-order valence-electron chi connectivity index (χ4n) is 2.95. The molecule has 0 fully saturated rings. The predicted molar refractivity (Wildman–Crippen MR) is 94.4 cm³/mol. The van der Waals surface area contributed by atoms with Gasteiger partial charge in [-0.2, -0.15) is 0 Å². The van der Waals surface area contributed by atoms with Gasteiger partial charge >= 0.3 is 0 Å². The Kier molecular flexibility index (Phi) is 4.06. The molecule has 2 N–H and O–H groups in total. The van der Waals surface area contributed by atoms with Crippen LogP contribution in [0, 0.1) is 0 Å². The smallest absolute Gasteiger partial charge is 0.273 e. The van der Waals surface area contributed by atoms with Crippen LogP contribution in [0.3, 0.4) is 0 Å². The molecule has 0 aliphatic heterocycles. The molecule has 0 spiro atoms. The number of rotatable bonds is 5. The molecule has 7 heteroatoms. The topological polar surface area (TPSA) is 93.4 Å². The molecule has 4 rings (SSSR count). The van der Waals surface area contributed by atoms with Crippen molar-refractivity contribution in [2.45, 2.75) is 6.10 Å². The minimum Gasteiger partial charge on any atom is -0.461 e.